The van der Waals surface area contributed by atoms with E-state index in [1.807, 2.05) is 41.4 Å². The van der Waals surface area contributed by atoms with E-state index < -0.39 is 0 Å². The second-order valence-corrected chi connectivity index (χ2v) is 7.54. The number of furan rings is 1. The number of benzene rings is 2. The number of hydrogen-bond acceptors (Lipinski definition) is 4. The largest absolute Gasteiger partial charge is 0.469 e. The molecular weight excluding hydrogens is 380 g/mol. The molecule has 0 unspecified atom stereocenters. The maximum Gasteiger partial charge on any atom is 0.199 e. The Morgan fingerprint density at radius 3 is 2.10 bits per heavy atom. The van der Waals surface area contributed by atoms with Crippen LogP contribution in [0.25, 0.3) is 11.4 Å². The summed E-state index contributed by atoms with van der Waals surface area (Å²) in [6.07, 6.45) is 1.68. The number of nitrogens with zero attached hydrogens (tertiary/aromatic N) is 4. The molecular formula is C23H24N4OS. The van der Waals surface area contributed by atoms with Gasteiger partial charge >= 0.3 is 0 Å². The van der Waals surface area contributed by atoms with Crippen molar-refractivity contribution in [2.75, 3.05) is 7.05 Å². The van der Waals surface area contributed by atoms with E-state index in [9.17, 15) is 0 Å². The van der Waals surface area contributed by atoms with Gasteiger partial charge in [0, 0.05) is 7.05 Å². The predicted molar refractivity (Wildman–Crippen MR) is 117 cm³/mol. The van der Waals surface area contributed by atoms with Crippen LogP contribution in [-0.2, 0) is 13.7 Å². The van der Waals surface area contributed by atoms with E-state index in [-0.39, 0.29) is 6.04 Å². The van der Waals surface area contributed by atoms with Gasteiger partial charge in [-0.1, -0.05) is 60.7 Å². The minimum absolute atomic E-state index is 0.0976. The maximum absolute atomic E-state index is 5.68. The fourth-order valence-electron chi connectivity index (χ4n) is 3.70. The van der Waals surface area contributed by atoms with Gasteiger partial charge in [0.1, 0.15) is 5.76 Å². The maximum atomic E-state index is 5.68. The van der Waals surface area contributed by atoms with Crippen LogP contribution in [0.2, 0.25) is 0 Å². The molecule has 0 saturated heterocycles. The van der Waals surface area contributed by atoms with E-state index in [1.54, 1.807) is 6.26 Å². The van der Waals surface area contributed by atoms with Crippen molar-refractivity contribution in [3.63, 3.8) is 0 Å². The summed E-state index contributed by atoms with van der Waals surface area (Å²) >= 11 is 5.68. The molecule has 5 nitrogen and oxygen atoms in total. The molecule has 4 aromatic rings. The van der Waals surface area contributed by atoms with Crippen LogP contribution in [-0.4, -0.2) is 26.3 Å². The van der Waals surface area contributed by atoms with Gasteiger partial charge in [-0.25, -0.2) is 4.68 Å². The third-order valence-electron chi connectivity index (χ3n) is 5.17. The van der Waals surface area contributed by atoms with Crippen molar-refractivity contribution >= 4 is 12.2 Å². The van der Waals surface area contributed by atoms with E-state index in [2.05, 4.69) is 60.5 Å². The molecule has 0 radical (unpaired) electrons. The molecule has 0 N–H and O–H groups in total. The average molecular weight is 405 g/mol. The lowest BCUT2D eigenvalue weighted by Gasteiger charge is -2.28. The highest BCUT2D eigenvalue weighted by Gasteiger charge is 2.21. The highest BCUT2D eigenvalue weighted by atomic mass is 32.1. The van der Waals surface area contributed by atoms with E-state index in [0.717, 1.165) is 17.1 Å². The molecule has 0 atom stereocenters. The quantitative estimate of drug-likeness (QED) is 0.414. The molecule has 0 aliphatic heterocycles. The fourth-order valence-corrected chi connectivity index (χ4v) is 3.88. The Labute approximate surface area is 175 Å². The van der Waals surface area contributed by atoms with E-state index in [4.69, 9.17) is 21.7 Å². The fraction of sp³-hybridized carbons (Fsp3) is 0.217. The summed E-state index contributed by atoms with van der Waals surface area (Å²) in [6.45, 7) is 2.50. The van der Waals surface area contributed by atoms with Gasteiger partial charge in [0.25, 0.3) is 0 Å². The Bertz CT molecular complexity index is 1110. The molecule has 29 heavy (non-hydrogen) atoms. The van der Waals surface area contributed by atoms with Gasteiger partial charge in [0.05, 0.1) is 24.5 Å². The lowest BCUT2D eigenvalue weighted by atomic mass is 9.98. The second-order valence-electron chi connectivity index (χ2n) is 7.18. The Morgan fingerprint density at radius 1 is 1.00 bits per heavy atom. The summed E-state index contributed by atoms with van der Waals surface area (Å²) in [7, 11) is 4.05. The Morgan fingerprint density at radius 2 is 1.59 bits per heavy atom. The zero-order valence-corrected chi connectivity index (χ0v) is 17.6. The van der Waals surface area contributed by atoms with Crippen LogP contribution in [0.4, 0.5) is 0 Å². The first-order chi connectivity index (χ1) is 14.1. The van der Waals surface area contributed by atoms with Gasteiger partial charge in [0.2, 0.25) is 0 Å². The topological polar surface area (TPSA) is 39.1 Å². The molecule has 0 saturated carbocycles. The van der Waals surface area contributed by atoms with Crippen LogP contribution in [0.5, 0.6) is 0 Å². The van der Waals surface area contributed by atoms with Crippen molar-refractivity contribution in [1.82, 2.24) is 19.2 Å². The van der Waals surface area contributed by atoms with E-state index in [1.165, 1.54) is 11.1 Å². The molecule has 2 aromatic carbocycles. The minimum Gasteiger partial charge on any atom is -0.469 e. The molecule has 0 aliphatic rings. The van der Waals surface area contributed by atoms with Crippen LogP contribution in [0.15, 0.2) is 77.4 Å². The van der Waals surface area contributed by atoms with Crippen LogP contribution in [0, 0.1) is 11.7 Å². The Balaban J connectivity index is 1.69. The van der Waals surface area contributed by atoms with Crippen LogP contribution in [0.3, 0.4) is 0 Å². The van der Waals surface area contributed by atoms with Crippen molar-refractivity contribution in [3.05, 3.63) is 94.7 Å². The zero-order chi connectivity index (χ0) is 20.4. The smallest absolute Gasteiger partial charge is 0.199 e. The first kappa shape index (κ1) is 19.4. The Kier molecular flexibility index (Phi) is 5.47. The number of rotatable bonds is 6. The summed E-state index contributed by atoms with van der Waals surface area (Å²) in [5, 5.41) is 4.80. The van der Waals surface area contributed by atoms with Crippen LogP contribution in [0.1, 0.15) is 22.9 Å². The normalized spacial score (nSPS) is 11.5. The van der Waals surface area contributed by atoms with Crippen LogP contribution >= 0.6 is 12.2 Å². The van der Waals surface area contributed by atoms with Gasteiger partial charge in [0.15, 0.2) is 10.6 Å². The number of aromatic nitrogens is 3. The van der Waals surface area contributed by atoms with Gasteiger partial charge in [-0.3, -0.25) is 4.90 Å². The van der Waals surface area contributed by atoms with Crippen molar-refractivity contribution < 1.29 is 4.42 Å². The SMILES string of the molecule is Cc1occc1-c1nn(CN(C)C(c2ccccc2)c2ccccc2)c(=S)n1C. The minimum atomic E-state index is 0.0976. The number of hydrogen-bond donors (Lipinski definition) is 0. The molecule has 0 amide bonds. The van der Waals surface area contributed by atoms with E-state index >= 15 is 0 Å². The van der Waals surface area contributed by atoms with Crippen LogP contribution < -0.4 is 0 Å². The Hall–Kier alpha value is -2.96. The second kappa shape index (κ2) is 8.19. The van der Waals surface area contributed by atoms with Gasteiger partial charge in [-0.2, -0.15) is 5.10 Å². The standard InChI is InChI=1S/C23H24N4OS/c1-17-20(14-15-28-17)22-24-27(23(29)26(22)3)16-25(2)21(18-10-6-4-7-11-18)19-12-8-5-9-13-19/h4-15,21H,16H2,1-3H3. The molecule has 0 spiro atoms. The average Bonchev–Trinajstić information content (AvgIpc) is 3.28. The first-order valence-corrected chi connectivity index (χ1v) is 9.95. The van der Waals surface area contributed by atoms with E-state index in [0.29, 0.717) is 11.4 Å². The molecule has 4 rings (SSSR count). The summed E-state index contributed by atoms with van der Waals surface area (Å²) in [4.78, 5) is 2.26. The molecule has 0 aliphatic carbocycles. The van der Waals surface area contributed by atoms with Crippen molar-refractivity contribution in [3.8, 4) is 11.4 Å². The molecule has 6 heteroatoms. The van der Waals surface area contributed by atoms with Gasteiger partial charge in [-0.15, -0.1) is 0 Å². The van der Waals surface area contributed by atoms with Crippen molar-refractivity contribution in [1.29, 1.82) is 0 Å². The third kappa shape index (κ3) is 3.81. The predicted octanol–water partition coefficient (Wildman–Crippen LogP) is 5.20. The lowest BCUT2D eigenvalue weighted by Crippen LogP contribution is -2.28. The van der Waals surface area contributed by atoms with Gasteiger partial charge < -0.3 is 8.98 Å². The zero-order valence-electron chi connectivity index (χ0n) is 16.8. The molecule has 2 heterocycles. The first-order valence-electron chi connectivity index (χ1n) is 9.54. The van der Waals surface area contributed by atoms with Gasteiger partial charge in [-0.05, 0) is 43.4 Å². The van der Waals surface area contributed by atoms with Crippen molar-refractivity contribution in [2.24, 2.45) is 7.05 Å². The highest BCUT2D eigenvalue weighted by molar-refractivity contribution is 7.71. The highest BCUT2D eigenvalue weighted by Crippen LogP contribution is 2.28. The molecule has 0 fully saturated rings. The molecule has 148 valence electrons. The summed E-state index contributed by atoms with van der Waals surface area (Å²) in [5.41, 5.74) is 3.42. The number of aryl methyl sites for hydroxylation is 1. The third-order valence-corrected chi connectivity index (χ3v) is 5.65. The monoisotopic (exact) mass is 404 g/mol. The molecule has 0 bridgehead atoms. The lowest BCUT2D eigenvalue weighted by molar-refractivity contribution is 0.208. The molecule has 2 aromatic heterocycles. The van der Waals surface area contributed by atoms with Crippen molar-refractivity contribution in [2.45, 2.75) is 19.6 Å². The summed E-state index contributed by atoms with van der Waals surface area (Å²) < 4.78 is 9.93. The summed E-state index contributed by atoms with van der Waals surface area (Å²) in [5.74, 6) is 1.64. The summed E-state index contributed by atoms with van der Waals surface area (Å²) in [6, 6.07) is 23.0.